The first kappa shape index (κ1) is 14.5. The molecule has 0 fully saturated rings. The van der Waals surface area contributed by atoms with Gasteiger partial charge in [0.2, 0.25) is 0 Å². The van der Waals surface area contributed by atoms with Crippen LogP contribution in [0.15, 0.2) is 71.1 Å². The highest BCUT2D eigenvalue weighted by molar-refractivity contribution is 7.17. The molecule has 0 aliphatic rings. The topological polar surface area (TPSA) is 13.1 Å². The van der Waals surface area contributed by atoms with Crippen molar-refractivity contribution in [3.8, 4) is 0 Å². The zero-order chi connectivity index (χ0) is 17.0. The van der Waals surface area contributed by atoms with E-state index >= 15 is 0 Å². The molecule has 5 aromatic rings. The predicted molar refractivity (Wildman–Crippen MR) is 109 cm³/mol. The Bertz CT molecular complexity index is 1370. The molecular formula is C23H16OS. The number of para-hydroxylation sites is 2. The number of furan rings is 1. The third-order valence-corrected chi connectivity index (χ3v) is 6.18. The molecule has 5 rings (SSSR count). The fourth-order valence-corrected chi connectivity index (χ4v) is 4.73. The van der Waals surface area contributed by atoms with Crippen LogP contribution < -0.4 is 9.75 Å². The monoisotopic (exact) mass is 340 g/mol. The molecule has 2 heterocycles. The summed E-state index contributed by atoms with van der Waals surface area (Å²) in [5, 5.41) is 4.67. The van der Waals surface area contributed by atoms with Crippen LogP contribution in [-0.2, 0) is 0 Å². The number of fused-ring (bicyclic) bond motifs is 4. The van der Waals surface area contributed by atoms with Crippen LogP contribution in [-0.4, -0.2) is 0 Å². The molecule has 0 bridgehead atoms. The zero-order valence-electron chi connectivity index (χ0n) is 13.9. The molecule has 0 saturated carbocycles. The maximum atomic E-state index is 6.20. The molecule has 0 radical (unpaired) electrons. The molecule has 0 atom stereocenters. The third-order valence-electron chi connectivity index (χ3n) is 4.85. The van der Waals surface area contributed by atoms with Gasteiger partial charge in [0.05, 0.1) is 0 Å². The summed E-state index contributed by atoms with van der Waals surface area (Å²) in [6, 6.07) is 23.1. The van der Waals surface area contributed by atoms with Gasteiger partial charge in [0, 0.05) is 25.6 Å². The van der Waals surface area contributed by atoms with Gasteiger partial charge in [-0.05, 0) is 35.2 Å². The number of rotatable bonds is 1. The summed E-state index contributed by atoms with van der Waals surface area (Å²) in [5.41, 5.74) is 4.25. The second-order valence-electron chi connectivity index (χ2n) is 6.31. The van der Waals surface area contributed by atoms with Crippen molar-refractivity contribution in [1.82, 2.24) is 0 Å². The minimum atomic E-state index is 0.934. The van der Waals surface area contributed by atoms with Crippen molar-refractivity contribution in [2.24, 2.45) is 0 Å². The molecule has 0 spiro atoms. The van der Waals surface area contributed by atoms with Crippen LogP contribution in [0.2, 0.25) is 0 Å². The lowest BCUT2D eigenvalue weighted by Crippen LogP contribution is -2.19. The first-order valence-electron chi connectivity index (χ1n) is 8.32. The molecule has 0 saturated heterocycles. The summed E-state index contributed by atoms with van der Waals surface area (Å²) in [5.74, 6) is 0. The van der Waals surface area contributed by atoms with E-state index in [0.29, 0.717) is 0 Å². The largest absolute Gasteiger partial charge is 0.455 e. The summed E-state index contributed by atoms with van der Waals surface area (Å²) in [4.78, 5) is 0. The Kier molecular flexibility index (Phi) is 3.09. The average molecular weight is 340 g/mol. The van der Waals surface area contributed by atoms with E-state index in [1.165, 1.54) is 31.0 Å². The maximum absolute atomic E-state index is 6.20. The Hall–Kier alpha value is -2.84. The predicted octanol–water partition coefficient (Wildman–Crippen LogP) is 5.43. The number of benzene rings is 3. The standard InChI is InChI=1S/C23H16OS/c1-14-16-8-4-6-13-21(16)25-23(14)15(2)17-10-7-11-19-18-9-3-5-12-20(18)24-22(17)19/h3-13H,1H2,2H3/b23-15-. The van der Waals surface area contributed by atoms with Gasteiger partial charge in [0.1, 0.15) is 11.2 Å². The van der Waals surface area contributed by atoms with Gasteiger partial charge >= 0.3 is 0 Å². The lowest BCUT2D eigenvalue weighted by atomic mass is 10.0. The minimum absolute atomic E-state index is 0.934. The Morgan fingerprint density at radius 3 is 2.40 bits per heavy atom. The molecular weight excluding hydrogens is 324 g/mol. The second-order valence-corrected chi connectivity index (χ2v) is 7.36. The van der Waals surface area contributed by atoms with E-state index in [-0.39, 0.29) is 0 Å². The highest BCUT2D eigenvalue weighted by Crippen LogP contribution is 2.33. The molecule has 2 aromatic heterocycles. The van der Waals surface area contributed by atoms with Gasteiger partial charge in [-0.15, -0.1) is 11.3 Å². The third kappa shape index (κ3) is 2.08. The van der Waals surface area contributed by atoms with Gasteiger partial charge in [0.15, 0.2) is 0 Å². The van der Waals surface area contributed by atoms with Crippen LogP contribution in [0.3, 0.4) is 0 Å². The maximum Gasteiger partial charge on any atom is 0.142 e. The zero-order valence-corrected chi connectivity index (χ0v) is 14.7. The van der Waals surface area contributed by atoms with Gasteiger partial charge in [-0.2, -0.15) is 0 Å². The van der Waals surface area contributed by atoms with Crippen LogP contribution in [0.4, 0.5) is 0 Å². The molecule has 1 nitrogen and oxygen atoms in total. The number of hydrogen-bond donors (Lipinski definition) is 0. The molecule has 2 heteroatoms. The molecule has 0 unspecified atom stereocenters. The van der Waals surface area contributed by atoms with Crippen molar-refractivity contribution in [2.75, 3.05) is 0 Å². The lowest BCUT2D eigenvalue weighted by Gasteiger charge is -2.01. The van der Waals surface area contributed by atoms with Crippen LogP contribution in [0, 0.1) is 0 Å². The summed E-state index contributed by atoms with van der Waals surface area (Å²) in [6.45, 7) is 6.51. The van der Waals surface area contributed by atoms with Gasteiger partial charge in [-0.3, -0.25) is 0 Å². The summed E-state index contributed by atoms with van der Waals surface area (Å²) >= 11 is 1.80. The van der Waals surface area contributed by atoms with Gasteiger partial charge in [0.25, 0.3) is 0 Å². The smallest absolute Gasteiger partial charge is 0.142 e. The van der Waals surface area contributed by atoms with Crippen molar-refractivity contribution in [3.05, 3.63) is 82.0 Å². The average Bonchev–Trinajstić information content (AvgIpc) is 3.19. The Morgan fingerprint density at radius 1 is 0.840 bits per heavy atom. The summed E-state index contributed by atoms with van der Waals surface area (Å²) in [6.07, 6.45) is 0. The molecule has 120 valence electrons. The van der Waals surface area contributed by atoms with E-state index in [1.54, 1.807) is 11.3 Å². The highest BCUT2D eigenvalue weighted by Gasteiger charge is 2.12. The lowest BCUT2D eigenvalue weighted by molar-refractivity contribution is 0.667. The van der Waals surface area contributed by atoms with E-state index < -0.39 is 0 Å². The number of hydrogen-bond acceptors (Lipinski definition) is 2. The first-order chi connectivity index (χ1) is 12.2. The van der Waals surface area contributed by atoms with E-state index in [1.807, 2.05) is 12.1 Å². The van der Waals surface area contributed by atoms with Crippen molar-refractivity contribution in [2.45, 2.75) is 6.92 Å². The Labute approximate surface area is 149 Å². The van der Waals surface area contributed by atoms with Gasteiger partial charge in [-0.1, -0.05) is 61.2 Å². The molecule has 0 aliphatic heterocycles. The first-order valence-corrected chi connectivity index (χ1v) is 9.14. The van der Waals surface area contributed by atoms with E-state index in [4.69, 9.17) is 4.42 Å². The Morgan fingerprint density at radius 2 is 1.56 bits per heavy atom. The second kappa shape index (κ2) is 5.33. The minimum Gasteiger partial charge on any atom is -0.455 e. The van der Waals surface area contributed by atoms with Crippen molar-refractivity contribution < 1.29 is 4.42 Å². The quantitative estimate of drug-likeness (QED) is 0.396. The highest BCUT2D eigenvalue weighted by atomic mass is 32.1. The van der Waals surface area contributed by atoms with Crippen molar-refractivity contribution in [1.29, 1.82) is 0 Å². The van der Waals surface area contributed by atoms with Gasteiger partial charge in [-0.25, -0.2) is 0 Å². The van der Waals surface area contributed by atoms with E-state index in [2.05, 4.69) is 68.1 Å². The van der Waals surface area contributed by atoms with Crippen LogP contribution in [0.1, 0.15) is 12.5 Å². The van der Waals surface area contributed by atoms with Crippen LogP contribution >= 0.6 is 11.3 Å². The fraction of sp³-hybridized carbons (Fsp3) is 0.0435. The van der Waals surface area contributed by atoms with Crippen molar-refractivity contribution in [3.63, 3.8) is 0 Å². The molecule has 3 aromatic carbocycles. The molecule has 0 aliphatic carbocycles. The van der Waals surface area contributed by atoms with Crippen LogP contribution in [0.25, 0.3) is 44.2 Å². The van der Waals surface area contributed by atoms with Gasteiger partial charge < -0.3 is 4.42 Å². The van der Waals surface area contributed by atoms with Crippen LogP contribution in [0.5, 0.6) is 0 Å². The summed E-state index contributed by atoms with van der Waals surface area (Å²) < 4.78 is 8.71. The number of thiophene rings is 1. The normalized spacial score (nSPS) is 13.0. The Balaban J connectivity index is 1.91. The summed E-state index contributed by atoms with van der Waals surface area (Å²) in [7, 11) is 0. The van der Waals surface area contributed by atoms with E-state index in [9.17, 15) is 0 Å². The molecule has 0 N–H and O–H groups in total. The van der Waals surface area contributed by atoms with E-state index in [0.717, 1.165) is 21.9 Å². The molecule has 25 heavy (non-hydrogen) atoms. The molecule has 0 amide bonds. The fourth-order valence-electron chi connectivity index (χ4n) is 3.57. The van der Waals surface area contributed by atoms with Crippen molar-refractivity contribution >= 4 is 55.5 Å². The SMILES string of the molecule is C=c1/c(=C(\C)c2cccc3c2oc2ccccc23)sc2ccccc12.